The summed E-state index contributed by atoms with van der Waals surface area (Å²) in [6.45, 7) is 8.66. The highest BCUT2D eigenvalue weighted by Gasteiger charge is 2.25. The SMILES string of the molecule is C/C=C\c1c(C)ncc2c(Br)cn([C@H]3CNCC[C@H]3C)c12. The third kappa shape index (κ3) is 2.55. The van der Waals surface area contributed by atoms with Gasteiger partial charge in [-0.2, -0.15) is 0 Å². The zero-order valence-electron chi connectivity index (χ0n) is 12.9. The molecular weight excluding hydrogens is 326 g/mol. The molecule has 0 aliphatic carbocycles. The zero-order valence-corrected chi connectivity index (χ0v) is 14.4. The quantitative estimate of drug-likeness (QED) is 0.876. The van der Waals surface area contributed by atoms with Crippen molar-refractivity contribution in [3.8, 4) is 0 Å². The second-order valence-corrected chi connectivity index (χ2v) is 6.80. The summed E-state index contributed by atoms with van der Waals surface area (Å²) in [5, 5.41) is 4.73. The Balaban J connectivity index is 2.25. The van der Waals surface area contributed by atoms with Gasteiger partial charge in [-0.25, -0.2) is 0 Å². The first-order valence-electron chi connectivity index (χ1n) is 7.62. The number of nitrogens with zero attached hydrogens (tertiary/aromatic N) is 2. The van der Waals surface area contributed by atoms with Gasteiger partial charge in [-0.1, -0.05) is 19.1 Å². The number of rotatable bonds is 2. The van der Waals surface area contributed by atoms with Crippen molar-refractivity contribution in [3.05, 3.63) is 34.2 Å². The van der Waals surface area contributed by atoms with E-state index < -0.39 is 0 Å². The molecule has 0 bridgehead atoms. The normalized spacial score (nSPS) is 23.2. The highest BCUT2D eigenvalue weighted by Crippen LogP contribution is 2.35. The molecule has 2 aromatic heterocycles. The van der Waals surface area contributed by atoms with Crippen molar-refractivity contribution in [2.75, 3.05) is 13.1 Å². The zero-order chi connectivity index (χ0) is 15.0. The highest BCUT2D eigenvalue weighted by atomic mass is 79.9. The summed E-state index contributed by atoms with van der Waals surface area (Å²) in [5.74, 6) is 0.681. The summed E-state index contributed by atoms with van der Waals surface area (Å²) >= 11 is 3.71. The van der Waals surface area contributed by atoms with Crippen LogP contribution in [-0.2, 0) is 0 Å². The molecule has 21 heavy (non-hydrogen) atoms. The number of aromatic nitrogens is 2. The van der Waals surface area contributed by atoms with Crippen LogP contribution in [0.4, 0.5) is 0 Å². The predicted molar refractivity (Wildman–Crippen MR) is 92.6 cm³/mol. The summed E-state index contributed by atoms with van der Waals surface area (Å²) in [7, 11) is 0. The number of halogens is 1. The molecule has 3 nitrogen and oxygen atoms in total. The van der Waals surface area contributed by atoms with Crippen molar-refractivity contribution in [2.45, 2.75) is 33.2 Å². The van der Waals surface area contributed by atoms with E-state index >= 15 is 0 Å². The first kappa shape index (κ1) is 14.8. The fourth-order valence-corrected chi connectivity index (χ4v) is 3.80. The Morgan fingerprint density at radius 1 is 1.48 bits per heavy atom. The lowest BCUT2D eigenvalue weighted by atomic mass is 9.94. The van der Waals surface area contributed by atoms with Gasteiger partial charge in [0.15, 0.2) is 0 Å². The van der Waals surface area contributed by atoms with E-state index in [1.54, 1.807) is 0 Å². The van der Waals surface area contributed by atoms with Crippen molar-refractivity contribution in [3.63, 3.8) is 0 Å². The lowest BCUT2D eigenvalue weighted by Gasteiger charge is -2.31. The van der Waals surface area contributed by atoms with Crippen LogP contribution < -0.4 is 5.32 Å². The molecule has 0 saturated carbocycles. The lowest BCUT2D eigenvalue weighted by molar-refractivity contribution is 0.280. The van der Waals surface area contributed by atoms with Crippen LogP contribution in [0.3, 0.4) is 0 Å². The smallest absolute Gasteiger partial charge is 0.0602 e. The Kier molecular flexibility index (Phi) is 4.18. The average Bonchev–Trinajstić information content (AvgIpc) is 2.80. The van der Waals surface area contributed by atoms with Crippen LogP contribution in [-0.4, -0.2) is 22.6 Å². The Morgan fingerprint density at radius 2 is 2.29 bits per heavy atom. The van der Waals surface area contributed by atoms with Crippen LogP contribution in [0.15, 0.2) is 22.9 Å². The molecule has 1 aliphatic rings. The summed E-state index contributed by atoms with van der Waals surface area (Å²) < 4.78 is 3.58. The van der Waals surface area contributed by atoms with E-state index in [4.69, 9.17) is 0 Å². The minimum absolute atomic E-state index is 0.498. The molecule has 2 atom stereocenters. The fourth-order valence-electron chi connectivity index (χ4n) is 3.29. The average molecular weight is 348 g/mol. The number of allylic oxidation sites excluding steroid dienone is 1. The van der Waals surface area contributed by atoms with Gasteiger partial charge in [0.1, 0.15) is 0 Å². The molecule has 4 heteroatoms. The third-order valence-corrected chi connectivity index (χ3v) is 5.16. The Bertz CT molecular complexity index is 687. The van der Waals surface area contributed by atoms with Crippen LogP contribution in [0.1, 0.15) is 37.6 Å². The summed E-state index contributed by atoms with van der Waals surface area (Å²) in [6.07, 6.45) is 9.71. The standard InChI is InChI=1S/C17H22BrN3/c1-4-5-13-12(3)20-8-14-15(18)10-21(17(13)14)16-9-19-7-6-11(16)2/h4-5,8,10-11,16,19H,6-7,9H2,1-3H3/b5-4-/t11-,16+/m1/s1. The molecule has 3 rings (SSSR count). The molecule has 1 fully saturated rings. The van der Waals surface area contributed by atoms with E-state index in [1.807, 2.05) is 6.20 Å². The number of hydrogen-bond donors (Lipinski definition) is 1. The van der Waals surface area contributed by atoms with Crippen LogP contribution in [0, 0.1) is 12.8 Å². The van der Waals surface area contributed by atoms with Gasteiger partial charge in [-0.15, -0.1) is 0 Å². The number of hydrogen-bond acceptors (Lipinski definition) is 2. The molecule has 0 aromatic carbocycles. The maximum atomic E-state index is 4.55. The largest absolute Gasteiger partial charge is 0.341 e. The second-order valence-electron chi connectivity index (χ2n) is 5.94. The maximum Gasteiger partial charge on any atom is 0.0602 e. The van der Waals surface area contributed by atoms with Crippen LogP contribution in [0.5, 0.6) is 0 Å². The molecule has 0 spiro atoms. The molecule has 0 radical (unpaired) electrons. The summed E-state index contributed by atoms with van der Waals surface area (Å²) in [4.78, 5) is 4.55. The van der Waals surface area contributed by atoms with E-state index in [2.05, 4.69) is 69.9 Å². The Morgan fingerprint density at radius 3 is 3.00 bits per heavy atom. The first-order chi connectivity index (χ1) is 10.1. The van der Waals surface area contributed by atoms with E-state index in [1.165, 1.54) is 22.9 Å². The monoisotopic (exact) mass is 347 g/mol. The minimum Gasteiger partial charge on any atom is -0.341 e. The minimum atomic E-state index is 0.498. The number of fused-ring (bicyclic) bond motifs is 1. The molecule has 0 amide bonds. The summed E-state index contributed by atoms with van der Waals surface area (Å²) in [5.41, 5.74) is 3.62. The maximum absolute atomic E-state index is 4.55. The van der Waals surface area contributed by atoms with Gasteiger partial charge in [-0.3, -0.25) is 4.98 Å². The molecule has 1 N–H and O–H groups in total. The fraction of sp³-hybridized carbons (Fsp3) is 0.471. The van der Waals surface area contributed by atoms with E-state index in [0.717, 1.165) is 23.3 Å². The van der Waals surface area contributed by atoms with Crippen molar-refractivity contribution in [2.24, 2.45) is 5.92 Å². The predicted octanol–water partition coefficient (Wildman–Crippen LogP) is 4.31. The number of nitrogens with one attached hydrogen (secondary N) is 1. The van der Waals surface area contributed by atoms with Gasteiger partial charge in [0.25, 0.3) is 0 Å². The van der Waals surface area contributed by atoms with Crippen molar-refractivity contribution in [1.82, 2.24) is 14.9 Å². The van der Waals surface area contributed by atoms with Gasteiger partial charge in [0.05, 0.1) is 5.52 Å². The number of pyridine rings is 1. The molecular formula is C17H22BrN3. The number of piperidine rings is 1. The third-order valence-electron chi connectivity index (χ3n) is 4.53. The van der Waals surface area contributed by atoms with Crippen molar-refractivity contribution >= 4 is 32.9 Å². The molecule has 0 unspecified atom stereocenters. The molecule has 1 saturated heterocycles. The van der Waals surface area contributed by atoms with Crippen LogP contribution in [0.25, 0.3) is 17.0 Å². The number of aryl methyl sites for hydroxylation is 1. The molecule has 2 aromatic rings. The van der Waals surface area contributed by atoms with Gasteiger partial charge < -0.3 is 9.88 Å². The van der Waals surface area contributed by atoms with Crippen molar-refractivity contribution in [1.29, 1.82) is 0 Å². The lowest BCUT2D eigenvalue weighted by Crippen LogP contribution is -2.36. The van der Waals surface area contributed by atoms with E-state index in [9.17, 15) is 0 Å². The van der Waals surface area contributed by atoms with E-state index in [0.29, 0.717) is 12.0 Å². The summed E-state index contributed by atoms with van der Waals surface area (Å²) in [6, 6.07) is 0.498. The van der Waals surface area contributed by atoms with Gasteiger partial charge in [0, 0.05) is 46.1 Å². The topological polar surface area (TPSA) is 29.9 Å². The molecule has 112 valence electrons. The van der Waals surface area contributed by atoms with Gasteiger partial charge in [-0.05, 0) is 48.7 Å². The van der Waals surface area contributed by atoms with Gasteiger partial charge >= 0.3 is 0 Å². The Hall–Kier alpha value is -1.13. The molecule has 1 aliphatic heterocycles. The molecule has 3 heterocycles. The van der Waals surface area contributed by atoms with E-state index in [-0.39, 0.29) is 0 Å². The van der Waals surface area contributed by atoms with Crippen molar-refractivity contribution < 1.29 is 0 Å². The Labute approximate surface area is 134 Å². The first-order valence-corrected chi connectivity index (χ1v) is 8.41. The van der Waals surface area contributed by atoms with Crippen LogP contribution in [0.2, 0.25) is 0 Å². The second kappa shape index (κ2) is 5.93. The van der Waals surface area contributed by atoms with Gasteiger partial charge in [0.2, 0.25) is 0 Å². The van der Waals surface area contributed by atoms with Crippen LogP contribution >= 0.6 is 15.9 Å². The highest BCUT2D eigenvalue weighted by molar-refractivity contribution is 9.10.